The van der Waals surface area contributed by atoms with Gasteiger partial charge in [0, 0.05) is 56.4 Å². The summed E-state index contributed by atoms with van der Waals surface area (Å²) < 4.78 is 0. The molecule has 0 radical (unpaired) electrons. The predicted octanol–water partition coefficient (Wildman–Crippen LogP) is 9.54. The van der Waals surface area contributed by atoms with E-state index in [0.717, 1.165) is 70.4 Å². The summed E-state index contributed by atoms with van der Waals surface area (Å²) in [5.74, 6) is 0. The number of aldehydes is 4. The van der Waals surface area contributed by atoms with Crippen molar-refractivity contribution in [3.8, 4) is 11.1 Å². The van der Waals surface area contributed by atoms with Gasteiger partial charge in [-0.1, -0.05) is 24.3 Å². The molecule has 0 atom stereocenters. The molecule has 6 aromatic rings. The second-order valence-electron chi connectivity index (χ2n) is 10.6. The molecule has 0 N–H and O–H groups in total. The quantitative estimate of drug-likeness (QED) is 0.138. The number of carbonyl (C=O) groups excluding carboxylic acids is 4. The molecule has 0 bridgehead atoms. The van der Waals surface area contributed by atoms with E-state index in [4.69, 9.17) is 0 Å². The normalized spacial score (nSPS) is 10.5. The number of rotatable bonds is 11. The Labute approximate surface area is 266 Å². The van der Waals surface area contributed by atoms with Gasteiger partial charge in [-0.15, -0.1) is 0 Å². The molecule has 0 fully saturated rings. The van der Waals surface area contributed by atoms with Gasteiger partial charge in [-0.3, -0.25) is 19.2 Å². The second-order valence-corrected chi connectivity index (χ2v) is 10.6. The van der Waals surface area contributed by atoms with Crippen LogP contribution in [0.1, 0.15) is 41.4 Å². The molecular formula is C40H28N2O4. The van der Waals surface area contributed by atoms with E-state index in [1.807, 2.05) is 72.8 Å². The molecule has 0 unspecified atom stereocenters. The predicted molar refractivity (Wildman–Crippen MR) is 183 cm³/mol. The number of carbonyl (C=O) groups is 4. The van der Waals surface area contributed by atoms with Crippen molar-refractivity contribution >= 4 is 59.3 Å². The fourth-order valence-corrected chi connectivity index (χ4v) is 5.31. The molecule has 0 amide bonds. The SMILES string of the molecule is O=Cc1ccc(N(c2ccc(C=O)cc2)c2ccc(-c3ccc(N(c4ccc(C=O)cc4)c4ccc(C=O)cc4)cc3)cc2)cc1. The van der Waals surface area contributed by atoms with E-state index in [1.54, 1.807) is 48.5 Å². The lowest BCUT2D eigenvalue weighted by Crippen LogP contribution is -2.10. The summed E-state index contributed by atoms with van der Waals surface area (Å²) in [5.41, 5.74) is 9.77. The van der Waals surface area contributed by atoms with Crippen LogP contribution in [0.2, 0.25) is 0 Å². The molecule has 0 aliphatic carbocycles. The van der Waals surface area contributed by atoms with Crippen molar-refractivity contribution in [2.75, 3.05) is 9.80 Å². The summed E-state index contributed by atoms with van der Waals surface area (Å²) in [6.45, 7) is 0. The zero-order chi connectivity index (χ0) is 31.9. The van der Waals surface area contributed by atoms with Crippen molar-refractivity contribution < 1.29 is 19.2 Å². The summed E-state index contributed by atoms with van der Waals surface area (Å²) in [5, 5.41) is 0. The highest BCUT2D eigenvalue weighted by molar-refractivity contribution is 5.85. The Morgan fingerprint density at radius 3 is 0.609 bits per heavy atom. The van der Waals surface area contributed by atoms with Gasteiger partial charge < -0.3 is 9.80 Å². The zero-order valence-electron chi connectivity index (χ0n) is 24.7. The Morgan fingerprint density at radius 1 is 0.261 bits per heavy atom. The van der Waals surface area contributed by atoms with E-state index in [1.165, 1.54) is 0 Å². The molecule has 6 nitrogen and oxygen atoms in total. The second kappa shape index (κ2) is 13.5. The van der Waals surface area contributed by atoms with Crippen LogP contribution in [-0.2, 0) is 0 Å². The third-order valence-corrected chi connectivity index (χ3v) is 7.73. The van der Waals surface area contributed by atoms with E-state index >= 15 is 0 Å². The first-order valence-corrected chi connectivity index (χ1v) is 14.6. The maximum atomic E-state index is 11.2. The van der Waals surface area contributed by atoms with Crippen LogP contribution >= 0.6 is 0 Å². The summed E-state index contributed by atoms with van der Waals surface area (Å²) in [4.78, 5) is 49.1. The molecule has 6 heteroatoms. The number of benzene rings is 6. The van der Waals surface area contributed by atoms with Crippen LogP contribution < -0.4 is 9.80 Å². The van der Waals surface area contributed by atoms with Gasteiger partial charge in [-0.25, -0.2) is 0 Å². The van der Waals surface area contributed by atoms with Crippen molar-refractivity contribution in [2.24, 2.45) is 0 Å². The number of anilines is 6. The van der Waals surface area contributed by atoms with E-state index in [2.05, 4.69) is 34.1 Å². The molecule has 222 valence electrons. The Bertz CT molecular complexity index is 1710. The van der Waals surface area contributed by atoms with Crippen LogP contribution in [0.4, 0.5) is 34.1 Å². The summed E-state index contributed by atoms with van der Waals surface area (Å²) in [6.07, 6.45) is 3.27. The molecule has 6 rings (SSSR count). The number of hydrogen-bond acceptors (Lipinski definition) is 6. The monoisotopic (exact) mass is 600 g/mol. The van der Waals surface area contributed by atoms with Gasteiger partial charge >= 0.3 is 0 Å². The van der Waals surface area contributed by atoms with E-state index in [-0.39, 0.29) is 0 Å². The fourth-order valence-electron chi connectivity index (χ4n) is 5.31. The first-order chi connectivity index (χ1) is 22.6. The van der Waals surface area contributed by atoms with Crippen LogP contribution in [0.15, 0.2) is 146 Å². The van der Waals surface area contributed by atoms with Gasteiger partial charge in [0.25, 0.3) is 0 Å². The Kier molecular flexibility index (Phi) is 8.70. The molecule has 46 heavy (non-hydrogen) atoms. The van der Waals surface area contributed by atoms with Gasteiger partial charge in [-0.05, 0) is 132 Å². The fraction of sp³-hybridized carbons (Fsp3) is 0. The summed E-state index contributed by atoms with van der Waals surface area (Å²) in [6, 6.07) is 45.8. The Hall–Kier alpha value is -6.40. The van der Waals surface area contributed by atoms with Gasteiger partial charge in [0.2, 0.25) is 0 Å². The van der Waals surface area contributed by atoms with E-state index < -0.39 is 0 Å². The Morgan fingerprint density at radius 2 is 0.435 bits per heavy atom. The zero-order valence-corrected chi connectivity index (χ0v) is 24.7. The first kappa shape index (κ1) is 29.7. The topological polar surface area (TPSA) is 74.8 Å². The molecule has 0 saturated heterocycles. The third kappa shape index (κ3) is 6.27. The maximum Gasteiger partial charge on any atom is 0.150 e. The van der Waals surface area contributed by atoms with Crippen LogP contribution in [0.3, 0.4) is 0 Å². The summed E-state index contributed by atoms with van der Waals surface area (Å²) >= 11 is 0. The van der Waals surface area contributed by atoms with Gasteiger partial charge in [-0.2, -0.15) is 0 Å². The highest BCUT2D eigenvalue weighted by atomic mass is 16.1. The minimum absolute atomic E-state index is 0.591. The third-order valence-electron chi connectivity index (χ3n) is 7.73. The largest absolute Gasteiger partial charge is 0.311 e. The smallest absolute Gasteiger partial charge is 0.150 e. The molecule has 0 aliphatic rings. The van der Waals surface area contributed by atoms with Crippen molar-refractivity contribution in [2.45, 2.75) is 0 Å². The lowest BCUT2D eigenvalue weighted by atomic mass is 10.0. The van der Waals surface area contributed by atoms with E-state index in [9.17, 15) is 19.2 Å². The number of hydrogen-bond donors (Lipinski definition) is 0. The molecule has 0 heterocycles. The molecular weight excluding hydrogens is 572 g/mol. The van der Waals surface area contributed by atoms with Gasteiger partial charge in [0.1, 0.15) is 25.1 Å². The lowest BCUT2D eigenvalue weighted by molar-refractivity contribution is 0.111. The lowest BCUT2D eigenvalue weighted by Gasteiger charge is -2.26. The van der Waals surface area contributed by atoms with Crippen LogP contribution in [0, 0.1) is 0 Å². The molecule has 0 aromatic heterocycles. The molecule has 0 saturated carbocycles. The average Bonchev–Trinajstić information content (AvgIpc) is 3.13. The van der Waals surface area contributed by atoms with Crippen LogP contribution in [-0.4, -0.2) is 25.1 Å². The van der Waals surface area contributed by atoms with Crippen molar-refractivity contribution in [3.63, 3.8) is 0 Å². The van der Waals surface area contributed by atoms with Crippen LogP contribution in [0.5, 0.6) is 0 Å². The molecule has 6 aromatic carbocycles. The highest BCUT2D eigenvalue weighted by Crippen LogP contribution is 2.38. The number of nitrogens with zero attached hydrogens (tertiary/aromatic N) is 2. The summed E-state index contributed by atoms with van der Waals surface area (Å²) in [7, 11) is 0. The minimum Gasteiger partial charge on any atom is -0.311 e. The van der Waals surface area contributed by atoms with Crippen molar-refractivity contribution in [1.29, 1.82) is 0 Å². The van der Waals surface area contributed by atoms with Crippen molar-refractivity contribution in [1.82, 2.24) is 0 Å². The standard InChI is InChI=1S/C40H28N2O4/c43-25-29-1-13-35(14-2-29)41(36-15-3-30(26-44)4-16-36)39-21-9-33(10-22-39)34-11-23-40(24-12-34)42(37-17-5-31(27-45)6-18-37)38-19-7-32(28-46)8-20-38/h1-28H. The molecule has 0 aliphatic heterocycles. The van der Waals surface area contributed by atoms with Gasteiger partial charge in [0.15, 0.2) is 0 Å². The van der Waals surface area contributed by atoms with Gasteiger partial charge in [0.05, 0.1) is 0 Å². The van der Waals surface area contributed by atoms with Crippen LogP contribution in [0.25, 0.3) is 11.1 Å². The average molecular weight is 601 g/mol. The van der Waals surface area contributed by atoms with Crippen molar-refractivity contribution in [3.05, 3.63) is 168 Å². The Balaban J connectivity index is 1.32. The van der Waals surface area contributed by atoms with E-state index in [0.29, 0.717) is 22.3 Å². The minimum atomic E-state index is 0.591. The molecule has 0 spiro atoms. The highest BCUT2D eigenvalue weighted by Gasteiger charge is 2.15. The maximum absolute atomic E-state index is 11.2. The first-order valence-electron chi connectivity index (χ1n) is 14.6.